The molecule has 2 N–H and O–H groups in total. The van der Waals surface area contributed by atoms with Crippen molar-refractivity contribution in [3.8, 4) is 5.75 Å². The van der Waals surface area contributed by atoms with Crippen LogP contribution in [0.25, 0.3) is 0 Å². The number of nitrogens with zero attached hydrogens (tertiary/aromatic N) is 1. The number of nitrogens with one attached hydrogen (secondary N) is 2. The summed E-state index contributed by atoms with van der Waals surface area (Å²) in [5, 5.41) is 5.58. The average Bonchev–Trinajstić information content (AvgIpc) is 2.84. The van der Waals surface area contributed by atoms with Gasteiger partial charge in [-0.2, -0.15) is 11.8 Å². The van der Waals surface area contributed by atoms with E-state index in [9.17, 15) is 14.4 Å². The van der Waals surface area contributed by atoms with E-state index in [1.807, 2.05) is 50.3 Å². The summed E-state index contributed by atoms with van der Waals surface area (Å²) in [4.78, 5) is 42.9. The number of amides is 2. The molecule has 0 spiro atoms. The lowest BCUT2D eigenvalue weighted by molar-refractivity contribution is -0.144. The van der Waals surface area contributed by atoms with Gasteiger partial charge in [0.05, 0.1) is 7.11 Å². The van der Waals surface area contributed by atoms with E-state index in [1.54, 1.807) is 0 Å². The summed E-state index contributed by atoms with van der Waals surface area (Å²) in [6.45, 7) is 4.31. The SMILES string of the molecule is BOC=N[C@H]1Cc2ccc(cc2)OCC=CCSC[C@@H](C(=O)OC)NC(=O)[C@H](CC(C)C)NC1=O. The highest BCUT2D eigenvalue weighted by atomic mass is 32.2. The van der Waals surface area contributed by atoms with Crippen molar-refractivity contribution in [3.05, 3.63) is 42.0 Å². The van der Waals surface area contributed by atoms with Crippen LogP contribution in [0, 0.1) is 5.92 Å². The summed E-state index contributed by atoms with van der Waals surface area (Å²) in [5.74, 6) is 0.405. The summed E-state index contributed by atoms with van der Waals surface area (Å²) in [5.41, 5.74) is 0.881. The minimum absolute atomic E-state index is 0.122. The molecule has 0 saturated carbocycles. The Morgan fingerprint density at radius 1 is 1.23 bits per heavy atom. The van der Waals surface area contributed by atoms with Gasteiger partial charge >= 0.3 is 14.0 Å². The Kier molecular flexibility index (Phi) is 12.2. The van der Waals surface area contributed by atoms with E-state index in [0.717, 1.165) is 5.56 Å². The lowest BCUT2D eigenvalue weighted by atomic mass is 10.0. The fourth-order valence-electron chi connectivity index (χ4n) is 3.38. The van der Waals surface area contributed by atoms with Gasteiger partial charge in [-0.15, -0.1) is 0 Å². The van der Waals surface area contributed by atoms with Crippen molar-refractivity contribution in [1.82, 2.24) is 10.6 Å². The number of esters is 1. The highest BCUT2D eigenvalue weighted by Gasteiger charge is 2.30. The maximum absolute atomic E-state index is 13.2. The Hall–Kier alpha value is -2.95. The van der Waals surface area contributed by atoms with Crippen molar-refractivity contribution in [1.29, 1.82) is 0 Å². The fraction of sp³-hybridized carbons (Fsp3) is 0.500. The lowest BCUT2D eigenvalue weighted by Crippen LogP contribution is -2.54. The van der Waals surface area contributed by atoms with Crippen molar-refractivity contribution in [3.63, 3.8) is 0 Å². The number of thioether (sulfide) groups is 1. The molecular formula is C24H34BN3O6S. The van der Waals surface area contributed by atoms with Gasteiger partial charge in [0.25, 0.3) is 0 Å². The second-order valence-electron chi connectivity index (χ2n) is 8.45. The zero-order valence-electron chi connectivity index (χ0n) is 20.7. The van der Waals surface area contributed by atoms with Gasteiger partial charge in [0.1, 0.15) is 30.5 Å². The predicted octanol–water partition coefficient (Wildman–Crippen LogP) is 1.06. The number of rotatable bonds is 5. The third-order valence-corrected chi connectivity index (χ3v) is 6.15. The molecule has 3 rings (SSSR count). The van der Waals surface area contributed by atoms with Gasteiger partial charge in [0, 0.05) is 17.9 Å². The highest BCUT2D eigenvalue weighted by molar-refractivity contribution is 7.99. The summed E-state index contributed by atoms with van der Waals surface area (Å²) < 4.78 is 15.5. The Balaban J connectivity index is 2.33. The molecule has 9 nitrogen and oxygen atoms in total. The Morgan fingerprint density at radius 2 is 1.97 bits per heavy atom. The largest absolute Gasteiger partial charge is 0.560 e. The molecule has 190 valence electrons. The minimum Gasteiger partial charge on any atom is -0.560 e. The first-order chi connectivity index (χ1) is 16.8. The normalized spacial score (nSPS) is 22.5. The number of carbonyl (C=O) groups excluding carboxylic acids is 3. The molecule has 1 aromatic carbocycles. The molecule has 0 unspecified atom stereocenters. The van der Waals surface area contributed by atoms with Crippen LogP contribution in [0.3, 0.4) is 0 Å². The number of fused-ring (bicyclic) bond motifs is 15. The molecule has 0 aliphatic carbocycles. The van der Waals surface area contributed by atoms with E-state index in [-0.39, 0.29) is 5.92 Å². The molecule has 3 atom stereocenters. The van der Waals surface area contributed by atoms with Crippen LogP contribution in [0.1, 0.15) is 25.8 Å². The van der Waals surface area contributed by atoms with Gasteiger partial charge in [0.2, 0.25) is 11.8 Å². The third kappa shape index (κ3) is 10.1. The van der Waals surface area contributed by atoms with Gasteiger partial charge in [-0.1, -0.05) is 38.1 Å². The van der Waals surface area contributed by atoms with Crippen molar-refractivity contribution in [2.45, 2.75) is 44.8 Å². The summed E-state index contributed by atoms with van der Waals surface area (Å²) in [6, 6.07) is 4.97. The molecule has 2 bridgehead atoms. The smallest absolute Gasteiger partial charge is 0.329 e. The average molecular weight is 503 g/mol. The van der Waals surface area contributed by atoms with E-state index in [4.69, 9.17) is 14.1 Å². The molecule has 2 aliphatic rings. The zero-order chi connectivity index (χ0) is 25.6. The van der Waals surface area contributed by atoms with Crippen LogP contribution in [0.5, 0.6) is 5.75 Å². The van der Waals surface area contributed by atoms with E-state index < -0.39 is 35.9 Å². The van der Waals surface area contributed by atoms with Crippen LogP contribution in [0.4, 0.5) is 0 Å². The lowest BCUT2D eigenvalue weighted by Gasteiger charge is -2.24. The summed E-state index contributed by atoms with van der Waals surface area (Å²) in [7, 11) is 2.73. The topological polar surface area (TPSA) is 115 Å². The zero-order valence-corrected chi connectivity index (χ0v) is 21.5. The number of hydrogen-bond acceptors (Lipinski definition) is 8. The molecule has 1 aromatic rings. The first-order valence-electron chi connectivity index (χ1n) is 11.5. The van der Waals surface area contributed by atoms with Gasteiger partial charge in [0.15, 0.2) is 6.40 Å². The molecule has 0 aromatic heterocycles. The fourth-order valence-corrected chi connectivity index (χ4v) is 4.24. The van der Waals surface area contributed by atoms with Crippen LogP contribution < -0.4 is 15.4 Å². The number of methoxy groups -OCH3 is 1. The molecule has 2 heterocycles. The van der Waals surface area contributed by atoms with Gasteiger partial charge in [-0.3, -0.25) is 9.59 Å². The monoisotopic (exact) mass is 503 g/mol. The van der Waals surface area contributed by atoms with Crippen molar-refractivity contribution in [2.24, 2.45) is 10.9 Å². The van der Waals surface area contributed by atoms with Gasteiger partial charge in [-0.05, 0) is 30.0 Å². The van der Waals surface area contributed by atoms with Crippen LogP contribution in [-0.2, 0) is 30.2 Å². The van der Waals surface area contributed by atoms with Gasteiger partial charge in [-0.25, -0.2) is 9.79 Å². The molecule has 2 amide bonds. The first kappa shape index (κ1) is 28.3. The molecule has 0 radical (unpaired) electrons. The maximum atomic E-state index is 13.2. The molecule has 2 aliphatic heterocycles. The summed E-state index contributed by atoms with van der Waals surface area (Å²) >= 11 is 1.48. The Labute approximate surface area is 211 Å². The molecule has 0 saturated heterocycles. The second kappa shape index (κ2) is 15.1. The van der Waals surface area contributed by atoms with Crippen molar-refractivity contribution in [2.75, 3.05) is 25.2 Å². The maximum Gasteiger partial charge on any atom is 0.329 e. The number of benzene rings is 1. The highest BCUT2D eigenvalue weighted by Crippen LogP contribution is 2.16. The predicted molar refractivity (Wildman–Crippen MR) is 139 cm³/mol. The first-order valence-corrected chi connectivity index (χ1v) is 12.7. The van der Waals surface area contributed by atoms with Crippen LogP contribution >= 0.6 is 11.8 Å². The second-order valence-corrected chi connectivity index (χ2v) is 9.52. The Bertz CT molecular complexity index is 894. The Morgan fingerprint density at radius 3 is 2.63 bits per heavy atom. The van der Waals surface area contributed by atoms with Crippen molar-refractivity contribution < 1.29 is 28.5 Å². The molecular weight excluding hydrogens is 469 g/mol. The standard InChI is InChI=1S/C24H34BN3O6S/c1-16(2)12-20-23(30)28-21(24(31)32-3)14-35-11-5-4-10-33-18-8-6-17(7-9-18)13-19(22(29)27-20)26-15-34-25/h4-9,15-16,19-21H,10-14,25H2,1-3H3,(H,27,29)(H,28,30)/t19-,20-,21-/m0/s1. The number of ether oxygens (including phenoxy) is 2. The molecule has 0 fully saturated rings. The van der Waals surface area contributed by atoms with E-state index in [2.05, 4.69) is 15.6 Å². The van der Waals surface area contributed by atoms with E-state index in [0.29, 0.717) is 36.7 Å². The third-order valence-electron chi connectivity index (χ3n) is 5.16. The van der Waals surface area contributed by atoms with E-state index in [1.165, 1.54) is 33.3 Å². The van der Waals surface area contributed by atoms with Gasteiger partial charge < -0.3 is 24.8 Å². The van der Waals surface area contributed by atoms with Crippen LogP contribution in [0.2, 0.25) is 0 Å². The molecule has 11 heteroatoms. The van der Waals surface area contributed by atoms with Crippen molar-refractivity contribution >= 4 is 44.0 Å². The van der Waals surface area contributed by atoms with Crippen LogP contribution in [0.15, 0.2) is 41.4 Å². The van der Waals surface area contributed by atoms with Crippen LogP contribution in [-0.4, -0.2) is 75.6 Å². The molecule has 35 heavy (non-hydrogen) atoms. The quantitative estimate of drug-likeness (QED) is 0.203. The number of carbonyl (C=O) groups is 3. The number of hydrogen-bond donors (Lipinski definition) is 2. The number of aliphatic imine (C=N–C) groups is 1. The summed E-state index contributed by atoms with van der Waals surface area (Å²) in [6.07, 6.45) is 5.77. The minimum atomic E-state index is -0.839. The van der Waals surface area contributed by atoms with E-state index >= 15 is 0 Å².